The van der Waals surface area contributed by atoms with Gasteiger partial charge >= 0.3 is 0 Å². The van der Waals surface area contributed by atoms with Gasteiger partial charge in [-0.15, -0.1) is 11.3 Å². The molecule has 1 N–H and O–H groups in total. The van der Waals surface area contributed by atoms with Gasteiger partial charge in [-0.1, -0.05) is 30.7 Å². The third-order valence-corrected chi connectivity index (χ3v) is 4.52. The molecular weight excluding hydrogens is 318 g/mol. The summed E-state index contributed by atoms with van der Waals surface area (Å²) >= 11 is 7.46. The first-order valence-electron chi connectivity index (χ1n) is 7.11. The van der Waals surface area contributed by atoms with E-state index in [1.165, 1.54) is 0 Å². The van der Waals surface area contributed by atoms with Gasteiger partial charge in [-0.25, -0.2) is 4.98 Å². The highest BCUT2D eigenvalue weighted by molar-refractivity contribution is 7.15. The van der Waals surface area contributed by atoms with Crippen molar-refractivity contribution < 1.29 is 4.79 Å². The molecule has 1 atom stereocenters. The van der Waals surface area contributed by atoms with Crippen molar-refractivity contribution in [2.24, 2.45) is 0 Å². The second-order valence-electron chi connectivity index (χ2n) is 5.08. The van der Waals surface area contributed by atoms with Crippen molar-refractivity contribution in [2.45, 2.75) is 25.8 Å². The normalized spacial score (nSPS) is 12.5. The third kappa shape index (κ3) is 3.31. The maximum absolute atomic E-state index is 12.2. The maximum Gasteiger partial charge on any atom is 0.226 e. The second-order valence-corrected chi connectivity index (χ2v) is 6.39. The summed E-state index contributed by atoms with van der Waals surface area (Å²) in [4.78, 5) is 17.6. The first kappa shape index (κ1) is 15.1. The van der Waals surface area contributed by atoms with Crippen molar-refractivity contribution in [2.75, 3.05) is 0 Å². The van der Waals surface area contributed by atoms with Gasteiger partial charge in [0.05, 0.1) is 18.2 Å². The number of hydrogen-bond donors (Lipinski definition) is 1. The van der Waals surface area contributed by atoms with Crippen molar-refractivity contribution >= 4 is 33.8 Å². The van der Waals surface area contributed by atoms with Gasteiger partial charge in [0.25, 0.3) is 0 Å². The first-order chi connectivity index (χ1) is 10.7. The van der Waals surface area contributed by atoms with Crippen LogP contribution in [0, 0.1) is 0 Å². The van der Waals surface area contributed by atoms with Gasteiger partial charge in [-0.05, 0) is 24.1 Å². The number of rotatable bonds is 5. The van der Waals surface area contributed by atoms with E-state index in [0.29, 0.717) is 11.4 Å². The molecule has 0 bridgehead atoms. The Hall–Kier alpha value is -1.85. The quantitative estimate of drug-likeness (QED) is 0.770. The van der Waals surface area contributed by atoms with Crippen molar-refractivity contribution in [3.8, 4) is 0 Å². The van der Waals surface area contributed by atoms with Crippen LogP contribution < -0.4 is 5.32 Å². The lowest BCUT2D eigenvalue weighted by Gasteiger charge is -2.17. The zero-order chi connectivity index (χ0) is 15.5. The van der Waals surface area contributed by atoms with E-state index in [2.05, 4.69) is 10.3 Å². The molecule has 1 amide bonds. The standard InChI is InChI=1S/C16H16ClN3OS/c1-2-14(11-3-5-12(17)6-4-11)19-15(21)9-13-10-20-7-8-22-16(20)18-13/h3-8,10,14H,2,9H2,1H3,(H,19,21). The van der Waals surface area contributed by atoms with Crippen LogP contribution in [0.1, 0.15) is 30.6 Å². The van der Waals surface area contributed by atoms with Crippen LogP contribution in [-0.4, -0.2) is 15.3 Å². The average molecular weight is 334 g/mol. The monoisotopic (exact) mass is 333 g/mol. The van der Waals surface area contributed by atoms with Gasteiger partial charge in [-0.2, -0.15) is 0 Å². The number of aromatic nitrogens is 2. The number of fused-ring (bicyclic) bond motifs is 1. The number of nitrogens with zero attached hydrogens (tertiary/aromatic N) is 2. The number of thiazole rings is 1. The number of amides is 1. The van der Waals surface area contributed by atoms with E-state index in [9.17, 15) is 4.79 Å². The van der Waals surface area contributed by atoms with E-state index in [1.54, 1.807) is 11.3 Å². The number of imidazole rings is 1. The van der Waals surface area contributed by atoms with E-state index < -0.39 is 0 Å². The Kier molecular flexibility index (Phi) is 4.45. The van der Waals surface area contributed by atoms with Crippen molar-refractivity contribution in [3.63, 3.8) is 0 Å². The SMILES string of the molecule is CCC(NC(=O)Cc1cn2ccsc2n1)c1ccc(Cl)cc1. The van der Waals surface area contributed by atoms with E-state index in [0.717, 1.165) is 22.6 Å². The highest BCUT2D eigenvalue weighted by Gasteiger charge is 2.14. The molecule has 0 spiro atoms. The van der Waals surface area contributed by atoms with Crippen LogP contribution in [0.4, 0.5) is 0 Å². The molecule has 1 unspecified atom stereocenters. The van der Waals surface area contributed by atoms with Gasteiger partial charge in [-0.3, -0.25) is 9.20 Å². The molecule has 0 aliphatic rings. The molecule has 0 radical (unpaired) electrons. The topological polar surface area (TPSA) is 46.4 Å². The lowest BCUT2D eigenvalue weighted by atomic mass is 10.0. The predicted molar refractivity (Wildman–Crippen MR) is 89.4 cm³/mol. The molecule has 22 heavy (non-hydrogen) atoms. The van der Waals surface area contributed by atoms with Gasteiger partial charge in [0.1, 0.15) is 0 Å². The Bertz CT molecular complexity index is 750. The van der Waals surface area contributed by atoms with Crippen molar-refractivity contribution in [3.05, 3.63) is 58.3 Å². The molecular formula is C16H16ClN3OS. The highest BCUT2D eigenvalue weighted by Crippen LogP contribution is 2.19. The summed E-state index contributed by atoms with van der Waals surface area (Å²) in [5.74, 6) is -0.0208. The smallest absolute Gasteiger partial charge is 0.226 e. The fourth-order valence-corrected chi connectivity index (χ4v) is 3.23. The zero-order valence-corrected chi connectivity index (χ0v) is 13.7. The summed E-state index contributed by atoms with van der Waals surface area (Å²) < 4.78 is 1.93. The number of benzene rings is 1. The number of carbonyl (C=O) groups is 1. The molecule has 3 aromatic rings. The first-order valence-corrected chi connectivity index (χ1v) is 8.37. The highest BCUT2D eigenvalue weighted by atomic mass is 35.5. The minimum absolute atomic E-state index is 0.00602. The molecule has 0 saturated carbocycles. The molecule has 0 fully saturated rings. The van der Waals surface area contributed by atoms with Crippen LogP contribution in [0.5, 0.6) is 0 Å². The summed E-state index contributed by atoms with van der Waals surface area (Å²) in [5.41, 5.74) is 1.85. The number of nitrogens with one attached hydrogen (secondary N) is 1. The molecule has 2 aromatic heterocycles. The lowest BCUT2D eigenvalue weighted by molar-refractivity contribution is -0.121. The van der Waals surface area contributed by atoms with Crippen LogP contribution in [0.3, 0.4) is 0 Å². The fraction of sp³-hybridized carbons (Fsp3) is 0.250. The van der Waals surface area contributed by atoms with Gasteiger partial charge in [0.15, 0.2) is 4.96 Å². The largest absolute Gasteiger partial charge is 0.349 e. The second kappa shape index (κ2) is 6.50. The van der Waals surface area contributed by atoms with E-state index in [-0.39, 0.29) is 11.9 Å². The lowest BCUT2D eigenvalue weighted by Crippen LogP contribution is -2.29. The van der Waals surface area contributed by atoms with E-state index >= 15 is 0 Å². The van der Waals surface area contributed by atoms with Crippen LogP contribution in [0.25, 0.3) is 4.96 Å². The van der Waals surface area contributed by atoms with Crippen LogP contribution >= 0.6 is 22.9 Å². The Morgan fingerprint density at radius 1 is 1.41 bits per heavy atom. The number of hydrogen-bond acceptors (Lipinski definition) is 3. The molecule has 0 aliphatic heterocycles. The number of halogens is 1. The molecule has 6 heteroatoms. The molecule has 3 rings (SSSR count). The van der Waals surface area contributed by atoms with Gasteiger partial charge in [0, 0.05) is 22.8 Å². The van der Waals surface area contributed by atoms with Crippen molar-refractivity contribution in [1.29, 1.82) is 0 Å². The van der Waals surface area contributed by atoms with Crippen LogP contribution in [0.15, 0.2) is 42.0 Å². The minimum Gasteiger partial charge on any atom is -0.349 e. The molecule has 2 heterocycles. The summed E-state index contributed by atoms with van der Waals surface area (Å²) in [6.45, 7) is 2.05. The van der Waals surface area contributed by atoms with Crippen LogP contribution in [0.2, 0.25) is 5.02 Å². The molecule has 0 saturated heterocycles. The summed E-state index contributed by atoms with van der Waals surface area (Å²) in [6.07, 6.45) is 4.95. The molecule has 4 nitrogen and oxygen atoms in total. The molecule has 1 aromatic carbocycles. The Morgan fingerprint density at radius 2 is 2.18 bits per heavy atom. The van der Waals surface area contributed by atoms with E-state index in [4.69, 9.17) is 11.6 Å². The zero-order valence-electron chi connectivity index (χ0n) is 12.1. The van der Waals surface area contributed by atoms with Gasteiger partial charge in [0.2, 0.25) is 5.91 Å². The summed E-state index contributed by atoms with van der Waals surface area (Å²) in [7, 11) is 0. The van der Waals surface area contributed by atoms with Crippen LogP contribution in [-0.2, 0) is 11.2 Å². The summed E-state index contributed by atoms with van der Waals surface area (Å²) in [5, 5.41) is 5.73. The summed E-state index contributed by atoms with van der Waals surface area (Å²) in [6, 6.07) is 7.57. The van der Waals surface area contributed by atoms with E-state index in [1.807, 2.05) is 53.4 Å². The average Bonchev–Trinajstić information content (AvgIpc) is 3.07. The molecule has 0 aliphatic carbocycles. The molecule has 114 valence electrons. The predicted octanol–water partition coefficient (Wildman–Crippen LogP) is 3.86. The third-order valence-electron chi connectivity index (χ3n) is 3.50. The van der Waals surface area contributed by atoms with Crippen molar-refractivity contribution in [1.82, 2.24) is 14.7 Å². The Balaban J connectivity index is 1.66. The Labute approximate surface area is 137 Å². The minimum atomic E-state index is -0.0208. The Morgan fingerprint density at radius 3 is 2.86 bits per heavy atom. The fourth-order valence-electron chi connectivity index (χ4n) is 2.39. The number of carbonyl (C=O) groups excluding carboxylic acids is 1. The maximum atomic E-state index is 12.2. The van der Waals surface area contributed by atoms with Gasteiger partial charge < -0.3 is 5.32 Å².